The lowest BCUT2D eigenvalue weighted by molar-refractivity contribution is -0.158. The zero-order valence-corrected chi connectivity index (χ0v) is 10.6. The number of esters is 1. The van der Waals surface area contributed by atoms with Gasteiger partial charge in [-0.25, -0.2) is 0 Å². The summed E-state index contributed by atoms with van der Waals surface area (Å²) in [5, 5.41) is 0.258. The molecular formula is C10H20O3S. The number of carbonyl (C=O) groups excluding carboxylic acids is 1. The molecule has 0 aliphatic carbocycles. The Labute approximate surface area is 90.5 Å². The Kier molecular flexibility index (Phi) is 5.52. The Hall–Kier alpha value is -0.220. The molecule has 0 bridgehead atoms. The number of rotatable bonds is 5. The summed E-state index contributed by atoms with van der Waals surface area (Å²) >= 11 is 1.68. The minimum absolute atomic E-state index is 0.134. The van der Waals surface area contributed by atoms with Gasteiger partial charge in [-0.1, -0.05) is 6.92 Å². The van der Waals surface area contributed by atoms with Gasteiger partial charge in [0.15, 0.2) is 0 Å². The molecule has 0 aromatic carbocycles. The molecule has 0 saturated heterocycles. The second-order valence-corrected chi connectivity index (χ2v) is 5.03. The molecule has 0 saturated carbocycles. The summed E-state index contributed by atoms with van der Waals surface area (Å²) in [7, 11) is 3.03. The molecule has 0 fully saturated rings. The zero-order chi connectivity index (χ0) is 11.4. The summed E-state index contributed by atoms with van der Waals surface area (Å²) in [5.41, 5.74) is -0.605. The first kappa shape index (κ1) is 13.8. The average molecular weight is 220 g/mol. The largest absolute Gasteiger partial charge is 0.469 e. The van der Waals surface area contributed by atoms with Gasteiger partial charge in [-0.2, -0.15) is 11.8 Å². The van der Waals surface area contributed by atoms with Gasteiger partial charge in [0, 0.05) is 12.4 Å². The maximum atomic E-state index is 11.5. The van der Waals surface area contributed by atoms with Crippen molar-refractivity contribution in [2.45, 2.75) is 32.1 Å². The molecule has 84 valence electrons. The maximum absolute atomic E-state index is 11.5. The molecule has 0 heterocycles. The van der Waals surface area contributed by atoms with Crippen LogP contribution in [0.4, 0.5) is 0 Å². The van der Waals surface area contributed by atoms with Crippen molar-refractivity contribution in [1.29, 1.82) is 0 Å². The molecule has 4 heteroatoms. The molecule has 0 amide bonds. The fraction of sp³-hybridized carbons (Fsp3) is 0.900. The molecular weight excluding hydrogens is 200 g/mol. The van der Waals surface area contributed by atoms with Gasteiger partial charge in [-0.15, -0.1) is 0 Å². The maximum Gasteiger partial charge on any atom is 0.313 e. The van der Waals surface area contributed by atoms with Crippen LogP contribution in [0.25, 0.3) is 0 Å². The van der Waals surface area contributed by atoms with E-state index in [9.17, 15) is 4.79 Å². The van der Waals surface area contributed by atoms with Crippen LogP contribution in [0.1, 0.15) is 20.8 Å². The van der Waals surface area contributed by atoms with E-state index in [1.165, 1.54) is 7.11 Å². The smallest absolute Gasteiger partial charge is 0.313 e. The summed E-state index contributed by atoms with van der Waals surface area (Å²) in [5.74, 6) is -0.231. The average Bonchev–Trinajstić information content (AvgIpc) is 2.16. The number of carbonyl (C=O) groups is 1. The zero-order valence-electron chi connectivity index (χ0n) is 9.79. The summed E-state index contributed by atoms with van der Waals surface area (Å²) in [6, 6.07) is 0. The van der Waals surface area contributed by atoms with Gasteiger partial charge in [0.05, 0.1) is 18.6 Å². The Bertz CT molecular complexity index is 192. The van der Waals surface area contributed by atoms with E-state index in [0.29, 0.717) is 0 Å². The standard InChI is InChI=1S/C10H20O3S/c1-7(14-6)8(12-4)10(2,3)9(11)13-5/h7-8H,1-6H3/t7-,8+/m0/s1. The van der Waals surface area contributed by atoms with Crippen molar-refractivity contribution in [3.05, 3.63) is 0 Å². The summed E-state index contributed by atoms with van der Waals surface area (Å²) in [6.45, 7) is 5.74. The second kappa shape index (κ2) is 5.61. The van der Waals surface area contributed by atoms with Crippen LogP contribution in [0, 0.1) is 5.41 Å². The van der Waals surface area contributed by atoms with Crippen molar-refractivity contribution >= 4 is 17.7 Å². The summed E-state index contributed by atoms with van der Waals surface area (Å²) in [6.07, 6.45) is 1.87. The molecule has 0 aliphatic rings. The van der Waals surface area contributed by atoms with Crippen LogP contribution in [0.5, 0.6) is 0 Å². The number of hydrogen-bond donors (Lipinski definition) is 0. The molecule has 0 aromatic rings. The molecule has 14 heavy (non-hydrogen) atoms. The summed E-state index contributed by atoms with van der Waals surface area (Å²) < 4.78 is 10.1. The van der Waals surface area contributed by atoms with Crippen LogP contribution < -0.4 is 0 Å². The van der Waals surface area contributed by atoms with Crippen molar-refractivity contribution in [3.63, 3.8) is 0 Å². The lowest BCUT2D eigenvalue weighted by atomic mass is 9.85. The van der Waals surface area contributed by atoms with Gasteiger partial charge in [-0.05, 0) is 20.1 Å². The minimum atomic E-state index is -0.605. The van der Waals surface area contributed by atoms with Crippen molar-refractivity contribution in [3.8, 4) is 0 Å². The Morgan fingerprint density at radius 2 is 1.86 bits per heavy atom. The highest BCUT2D eigenvalue weighted by atomic mass is 32.2. The van der Waals surface area contributed by atoms with Crippen LogP contribution in [-0.4, -0.2) is 37.8 Å². The van der Waals surface area contributed by atoms with Crippen LogP contribution >= 0.6 is 11.8 Å². The van der Waals surface area contributed by atoms with Gasteiger partial charge in [-0.3, -0.25) is 4.79 Å². The Balaban J connectivity index is 4.73. The first-order chi connectivity index (χ1) is 6.41. The van der Waals surface area contributed by atoms with E-state index < -0.39 is 5.41 Å². The van der Waals surface area contributed by atoms with Gasteiger partial charge in [0.2, 0.25) is 0 Å². The molecule has 0 aliphatic heterocycles. The normalized spacial score (nSPS) is 16.1. The number of thioether (sulfide) groups is 1. The van der Waals surface area contributed by atoms with Gasteiger partial charge >= 0.3 is 5.97 Å². The van der Waals surface area contributed by atoms with Crippen molar-refractivity contribution in [2.75, 3.05) is 20.5 Å². The van der Waals surface area contributed by atoms with Crippen LogP contribution in [0.15, 0.2) is 0 Å². The first-order valence-corrected chi connectivity index (χ1v) is 5.84. The SMILES string of the molecule is COC(=O)C(C)(C)[C@H](OC)[C@H](C)SC. The molecule has 0 radical (unpaired) electrons. The molecule has 3 nitrogen and oxygen atoms in total. The third kappa shape index (κ3) is 2.89. The third-order valence-corrected chi connectivity index (χ3v) is 3.47. The van der Waals surface area contributed by atoms with Crippen LogP contribution in [-0.2, 0) is 14.3 Å². The lowest BCUT2D eigenvalue weighted by Gasteiger charge is -2.33. The highest BCUT2D eigenvalue weighted by Gasteiger charge is 2.41. The highest BCUT2D eigenvalue weighted by molar-refractivity contribution is 7.99. The molecule has 0 spiro atoms. The molecule has 2 atom stereocenters. The van der Waals surface area contributed by atoms with E-state index >= 15 is 0 Å². The Morgan fingerprint density at radius 1 is 1.36 bits per heavy atom. The lowest BCUT2D eigenvalue weighted by Crippen LogP contribution is -2.44. The fourth-order valence-corrected chi connectivity index (χ4v) is 2.27. The van der Waals surface area contributed by atoms with Gasteiger partial charge < -0.3 is 9.47 Å². The Morgan fingerprint density at radius 3 is 2.14 bits per heavy atom. The van der Waals surface area contributed by atoms with Crippen molar-refractivity contribution < 1.29 is 14.3 Å². The number of ether oxygens (including phenoxy) is 2. The highest BCUT2D eigenvalue weighted by Crippen LogP contribution is 2.31. The van der Waals surface area contributed by atoms with E-state index in [0.717, 1.165) is 0 Å². The van der Waals surface area contributed by atoms with E-state index in [1.54, 1.807) is 18.9 Å². The first-order valence-electron chi connectivity index (χ1n) is 4.55. The third-order valence-electron chi connectivity index (χ3n) is 2.47. The van der Waals surface area contributed by atoms with E-state index in [4.69, 9.17) is 9.47 Å². The predicted octanol–water partition coefficient (Wildman–Crippen LogP) is 1.95. The topological polar surface area (TPSA) is 35.5 Å². The number of methoxy groups -OCH3 is 2. The van der Waals surface area contributed by atoms with Crippen LogP contribution in [0.2, 0.25) is 0 Å². The van der Waals surface area contributed by atoms with E-state index in [1.807, 2.05) is 27.0 Å². The van der Waals surface area contributed by atoms with Crippen molar-refractivity contribution in [1.82, 2.24) is 0 Å². The monoisotopic (exact) mass is 220 g/mol. The molecule has 0 aromatic heterocycles. The van der Waals surface area contributed by atoms with Gasteiger partial charge in [0.1, 0.15) is 0 Å². The molecule has 0 unspecified atom stereocenters. The fourth-order valence-electron chi connectivity index (χ4n) is 1.58. The minimum Gasteiger partial charge on any atom is -0.469 e. The number of hydrogen-bond acceptors (Lipinski definition) is 4. The summed E-state index contributed by atoms with van der Waals surface area (Å²) in [4.78, 5) is 11.5. The van der Waals surface area contributed by atoms with Crippen molar-refractivity contribution in [2.24, 2.45) is 5.41 Å². The quantitative estimate of drug-likeness (QED) is 0.663. The van der Waals surface area contributed by atoms with E-state index in [2.05, 4.69) is 0 Å². The molecule has 0 rings (SSSR count). The molecule has 0 N–H and O–H groups in total. The second-order valence-electron chi connectivity index (χ2n) is 3.81. The van der Waals surface area contributed by atoms with E-state index in [-0.39, 0.29) is 17.3 Å². The van der Waals surface area contributed by atoms with Gasteiger partial charge in [0.25, 0.3) is 0 Å². The predicted molar refractivity (Wildman–Crippen MR) is 59.6 cm³/mol. The van der Waals surface area contributed by atoms with Crippen LogP contribution in [0.3, 0.4) is 0 Å².